The molecule has 1 unspecified atom stereocenters. The van der Waals surface area contributed by atoms with E-state index in [2.05, 4.69) is 18.0 Å². The molecule has 1 saturated heterocycles. The molecule has 2 N–H and O–H groups in total. The third-order valence-electron chi connectivity index (χ3n) is 5.12. The Morgan fingerprint density at radius 2 is 1.59 bits per heavy atom. The third kappa shape index (κ3) is 6.18. The maximum Gasteiger partial charge on any atom is 0.294 e. The van der Waals surface area contributed by atoms with Crippen LogP contribution in [-0.4, -0.2) is 37.4 Å². The lowest BCUT2D eigenvalue weighted by Crippen LogP contribution is -2.39. The van der Waals surface area contributed by atoms with Crippen LogP contribution in [0.25, 0.3) is 11.1 Å². The number of hydrogen-bond acceptors (Lipinski definition) is 4. The Hall–Kier alpha value is -2.62. The topological polar surface area (TPSA) is 70.1 Å². The molecule has 0 aliphatic carbocycles. The van der Waals surface area contributed by atoms with E-state index < -0.39 is 12.0 Å². The van der Waals surface area contributed by atoms with E-state index in [4.69, 9.17) is 11.0 Å². The number of piperidine rings is 1. The third-order valence-corrected chi connectivity index (χ3v) is 5.12. The van der Waals surface area contributed by atoms with Gasteiger partial charge in [-0.25, -0.2) is 0 Å². The number of benzene rings is 2. The summed E-state index contributed by atoms with van der Waals surface area (Å²) in [4.78, 5) is 12.7. The maximum atomic E-state index is 13.8. The first-order chi connectivity index (χ1) is 13.8. The van der Waals surface area contributed by atoms with Gasteiger partial charge in [-0.3, -0.25) is 0 Å². The molecule has 0 aromatic heterocycles. The van der Waals surface area contributed by atoms with Gasteiger partial charge in [0.05, 0.1) is 6.07 Å². The number of carbonyl (C=O) groups excluding carboxylic acids is 1. The number of rotatable bonds is 4. The van der Waals surface area contributed by atoms with Crippen molar-refractivity contribution in [2.75, 3.05) is 20.1 Å². The van der Waals surface area contributed by atoms with Crippen molar-refractivity contribution in [2.24, 2.45) is 11.7 Å². The average molecular weight is 399 g/mol. The van der Waals surface area contributed by atoms with E-state index in [0.29, 0.717) is 5.92 Å². The Bertz CT molecular complexity index is 821. The molecular weight excluding hydrogens is 372 g/mol. The summed E-state index contributed by atoms with van der Waals surface area (Å²) in [5.41, 5.74) is 7.79. The molecule has 29 heavy (non-hydrogen) atoms. The minimum absolute atomic E-state index is 0.0634. The molecule has 0 amide bonds. The summed E-state index contributed by atoms with van der Waals surface area (Å²) in [6.45, 7) is 4.17. The van der Waals surface area contributed by atoms with Gasteiger partial charge in [0.1, 0.15) is 12.3 Å². The first kappa shape index (κ1) is 22.7. The molecule has 0 spiro atoms. The van der Waals surface area contributed by atoms with Gasteiger partial charge in [0.2, 0.25) is 0 Å². The molecule has 2 aromatic rings. The number of nitrogens with zero attached hydrogens (tertiary/aromatic N) is 2. The van der Waals surface area contributed by atoms with Gasteiger partial charge in [0.15, 0.2) is 0 Å². The average Bonchev–Trinajstić information content (AvgIpc) is 2.75. The largest absolute Gasteiger partial charge is 0.316 e. The Morgan fingerprint density at radius 3 is 2.03 bits per heavy atom. The summed E-state index contributed by atoms with van der Waals surface area (Å²) in [6.07, 6.45) is 2.19. The molecule has 0 saturated carbocycles. The lowest BCUT2D eigenvalue weighted by Gasteiger charge is -2.24. The van der Waals surface area contributed by atoms with Crippen molar-refractivity contribution in [3.63, 3.8) is 0 Å². The van der Waals surface area contributed by atoms with Crippen LogP contribution in [0.15, 0.2) is 48.5 Å². The zero-order valence-corrected chi connectivity index (χ0v) is 16.8. The molecular formula is C23H27F2N3O. The van der Waals surface area contributed by atoms with Crippen molar-refractivity contribution in [2.45, 2.75) is 31.7 Å². The fourth-order valence-corrected chi connectivity index (χ4v) is 3.05. The Morgan fingerprint density at radius 1 is 1.10 bits per heavy atom. The van der Waals surface area contributed by atoms with Crippen LogP contribution >= 0.6 is 0 Å². The van der Waals surface area contributed by atoms with Crippen LogP contribution in [0.4, 0.5) is 8.78 Å². The summed E-state index contributed by atoms with van der Waals surface area (Å²) < 4.78 is 27.6. The fraction of sp³-hybridized carbons (Fsp3) is 0.391. The van der Waals surface area contributed by atoms with Crippen molar-refractivity contribution in [1.29, 1.82) is 5.26 Å². The van der Waals surface area contributed by atoms with E-state index in [9.17, 15) is 13.6 Å². The van der Waals surface area contributed by atoms with Crippen molar-refractivity contribution in [1.82, 2.24) is 4.90 Å². The Balaban J connectivity index is 0.000000278. The summed E-state index contributed by atoms with van der Waals surface area (Å²) in [5.74, 6) is -3.02. The lowest BCUT2D eigenvalue weighted by atomic mass is 9.98. The second kappa shape index (κ2) is 10.2. The monoisotopic (exact) mass is 399 g/mol. The predicted molar refractivity (Wildman–Crippen MR) is 110 cm³/mol. The van der Waals surface area contributed by atoms with Crippen LogP contribution in [0.5, 0.6) is 0 Å². The maximum absolute atomic E-state index is 13.8. The number of halogens is 2. The molecule has 1 fully saturated rings. The highest BCUT2D eigenvalue weighted by atomic mass is 19.3. The highest BCUT2D eigenvalue weighted by molar-refractivity contribution is 5.65. The van der Waals surface area contributed by atoms with Gasteiger partial charge in [-0.1, -0.05) is 54.1 Å². The van der Waals surface area contributed by atoms with Crippen molar-refractivity contribution in [3.05, 3.63) is 59.7 Å². The molecule has 1 atom stereocenters. The van der Waals surface area contributed by atoms with Gasteiger partial charge in [-0.15, -0.1) is 0 Å². The predicted octanol–water partition coefficient (Wildman–Crippen LogP) is 4.13. The Labute approximate surface area is 170 Å². The SMILES string of the molecule is CN1CCC(C#N)CC1.Cc1ccc(-c2ccc(C(F)(F)C(N)C=O)cc2)cc1. The normalized spacial score (nSPS) is 16.3. The van der Waals surface area contributed by atoms with E-state index in [1.165, 1.54) is 12.1 Å². The number of alkyl halides is 2. The van der Waals surface area contributed by atoms with Gasteiger partial charge in [0, 0.05) is 11.5 Å². The lowest BCUT2D eigenvalue weighted by molar-refractivity contribution is -0.118. The smallest absolute Gasteiger partial charge is 0.294 e. The van der Waals surface area contributed by atoms with Crippen molar-refractivity contribution >= 4 is 6.29 Å². The van der Waals surface area contributed by atoms with E-state index in [1.54, 1.807) is 12.1 Å². The van der Waals surface area contributed by atoms with Crippen LogP contribution in [-0.2, 0) is 10.7 Å². The number of carbonyl (C=O) groups is 1. The molecule has 1 heterocycles. The number of nitriles is 1. The van der Waals surface area contributed by atoms with Gasteiger partial charge < -0.3 is 15.4 Å². The first-order valence-electron chi connectivity index (χ1n) is 9.62. The summed E-state index contributed by atoms with van der Waals surface area (Å²) >= 11 is 0. The molecule has 0 radical (unpaired) electrons. The Kier molecular flexibility index (Phi) is 8.00. The van der Waals surface area contributed by atoms with Gasteiger partial charge in [0.25, 0.3) is 5.92 Å². The molecule has 4 nitrogen and oxygen atoms in total. The number of aldehydes is 1. The van der Waals surface area contributed by atoms with Crippen LogP contribution in [0, 0.1) is 24.2 Å². The minimum atomic E-state index is -3.35. The van der Waals surface area contributed by atoms with E-state index >= 15 is 0 Å². The summed E-state index contributed by atoms with van der Waals surface area (Å²) in [5, 5.41) is 8.51. The van der Waals surface area contributed by atoms with Crippen molar-refractivity contribution < 1.29 is 13.6 Å². The van der Waals surface area contributed by atoms with Crippen LogP contribution in [0.3, 0.4) is 0 Å². The van der Waals surface area contributed by atoms with Crippen molar-refractivity contribution in [3.8, 4) is 17.2 Å². The van der Waals surface area contributed by atoms with Gasteiger partial charge in [-0.05, 0) is 51.0 Å². The summed E-state index contributed by atoms with van der Waals surface area (Å²) in [7, 11) is 2.10. The van der Waals surface area contributed by atoms with E-state index in [0.717, 1.165) is 42.6 Å². The van der Waals surface area contributed by atoms with Crippen LogP contribution in [0.2, 0.25) is 0 Å². The molecule has 1 aliphatic heterocycles. The van der Waals surface area contributed by atoms with Gasteiger partial charge >= 0.3 is 0 Å². The molecule has 3 rings (SSSR count). The molecule has 2 aromatic carbocycles. The van der Waals surface area contributed by atoms with E-state index in [1.807, 2.05) is 31.2 Å². The van der Waals surface area contributed by atoms with Crippen LogP contribution in [0.1, 0.15) is 24.0 Å². The van der Waals surface area contributed by atoms with Crippen LogP contribution < -0.4 is 5.73 Å². The zero-order chi connectivity index (χ0) is 21.4. The molecule has 6 heteroatoms. The fourth-order valence-electron chi connectivity index (χ4n) is 3.05. The first-order valence-corrected chi connectivity index (χ1v) is 9.62. The highest BCUT2D eigenvalue weighted by Crippen LogP contribution is 2.31. The quantitative estimate of drug-likeness (QED) is 0.785. The molecule has 0 bridgehead atoms. The number of nitrogens with two attached hydrogens (primary N) is 1. The van der Waals surface area contributed by atoms with E-state index in [-0.39, 0.29) is 11.8 Å². The zero-order valence-electron chi connectivity index (χ0n) is 16.8. The summed E-state index contributed by atoms with van der Waals surface area (Å²) in [6, 6.07) is 14.1. The second-order valence-electron chi connectivity index (χ2n) is 7.43. The standard InChI is InChI=1S/C16H15F2NO.C7H12N2/c1-11-2-4-12(5-3-11)13-6-8-14(9-7-13)16(17,18)15(19)10-20;1-9-4-2-7(6-8)3-5-9/h2-10,15H,19H2,1H3;7H,2-5H2,1H3. The number of aryl methyl sites for hydroxylation is 1. The second-order valence-corrected chi connectivity index (χ2v) is 7.43. The number of likely N-dealkylation sites (tertiary alicyclic amines) is 1. The minimum Gasteiger partial charge on any atom is -0.316 e. The molecule has 1 aliphatic rings. The molecule has 154 valence electrons. The van der Waals surface area contributed by atoms with Gasteiger partial charge in [-0.2, -0.15) is 14.0 Å². The number of hydrogen-bond donors (Lipinski definition) is 1. The highest BCUT2D eigenvalue weighted by Gasteiger charge is 2.38.